The van der Waals surface area contributed by atoms with Gasteiger partial charge in [-0.2, -0.15) is 5.26 Å². The SMILES string of the molecule is N#Cc1ccc(CS(=O)(=O)NOCc2ccccc2)cc1. The molecule has 21 heavy (non-hydrogen) atoms. The van der Waals surface area contributed by atoms with E-state index in [0.29, 0.717) is 11.1 Å². The second kappa shape index (κ2) is 6.99. The van der Waals surface area contributed by atoms with E-state index >= 15 is 0 Å². The predicted molar refractivity (Wildman–Crippen MR) is 78.1 cm³/mol. The van der Waals surface area contributed by atoms with Crippen molar-refractivity contribution >= 4 is 10.0 Å². The standard InChI is InChI=1S/C15H14N2O3S/c16-10-13-6-8-15(9-7-13)12-21(18,19)17-20-11-14-4-2-1-3-5-14/h1-9,17H,11-12H2. The molecule has 2 aromatic rings. The van der Waals surface area contributed by atoms with Gasteiger partial charge in [0.1, 0.15) is 0 Å². The highest BCUT2D eigenvalue weighted by atomic mass is 32.2. The molecule has 0 bridgehead atoms. The number of rotatable bonds is 6. The first-order valence-electron chi connectivity index (χ1n) is 6.23. The number of hydrogen-bond acceptors (Lipinski definition) is 4. The fourth-order valence-electron chi connectivity index (χ4n) is 1.70. The Morgan fingerprint density at radius 3 is 2.29 bits per heavy atom. The molecule has 108 valence electrons. The second-order valence-electron chi connectivity index (χ2n) is 4.43. The number of nitrogens with one attached hydrogen (secondary N) is 1. The average molecular weight is 302 g/mol. The van der Waals surface area contributed by atoms with E-state index in [1.165, 1.54) is 0 Å². The van der Waals surface area contributed by atoms with Gasteiger partial charge in [-0.05, 0) is 23.3 Å². The van der Waals surface area contributed by atoms with Crippen molar-refractivity contribution in [1.29, 1.82) is 5.26 Å². The van der Waals surface area contributed by atoms with Crippen molar-refractivity contribution in [3.63, 3.8) is 0 Å². The molecular weight excluding hydrogens is 288 g/mol. The fourth-order valence-corrected chi connectivity index (χ4v) is 2.63. The number of nitriles is 1. The van der Waals surface area contributed by atoms with E-state index in [0.717, 1.165) is 5.56 Å². The molecule has 0 aliphatic heterocycles. The van der Waals surface area contributed by atoms with Crippen LogP contribution in [-0.2, 0) is 27.2 Å². The molecule has 0 radical (unpaired) electrons. The minimum Gasteiger partial charge on any atom is -0.282 e. The summed E-state index contributed by atoms with van der Waals surface area (Å²) in [5.74, 6) is -0.201. The Hall–Kier alpha value is -2.20. The summed E-state index contributed by atoms with van der Waals surface area (Å²) in [5.41, 5.74) is 1.95. The van der Waals surface area contributed by atoms with Crippen LogP contribution in [0.3, 0.4) is 0 Å². The summed E-state index contributed by atoms with van der Waals surface area (Å²) in [4.78, 5) is 7.10. The van der Waals surface area contributed by atoms with Crippen LogP contribution < -0.4 is 4.89 Å². The summed E-state index contributed by atoms with van der Waals surface area (Å²) in [6.07, 6.45) is 0. The van der Waals surface area contributed by atoms with Crippen LogP contribution in [0.2, 0.25) is 0 Å². The molecule has 5 nitrogen and oxygen atoms in total. The molecule has 0 aliphatic rings. The van der Waals surface area contributed by atoms with Crippen LogP contribution in [-0.4, -0.2) is 8.42 Å². The average Bonchev–Trinajstić information content (AvgIpc) is 2.48. The zero-order valence-electron chi connectivity index (χ0n) is 11.2. The lowest BCUT2D eigenvalue weighted by Gasteiger charge is -2.07. The highest BCUT2D eigenvalue weighted by Gasteiger charge is 2.11. The molecule has 0 saturated carbocycles. The molecule has 0 atom stereocenters. The minimum absolute atomic E-state index is 0.160. The molecule has 1 N–H and O–H groups in total. The minimum atomic E-state index is -3.58. The van der Waals surface area contributed by atoms with Crippen molar-refractivity contribution in [3.05, 3.63) is 71.3 Å². The van der Waals surface area contributed by atoms with Crippen molar-refractivity contribution in [2.45, 2.75) is 12.4 Å². The van der Waals surface area contributed by atoms with Crippen LogP contribution in [0.4, 0.5) is 0 Å². The lowest BCUT2D eigenvalue weighted by atomic mass is 10.2. The van der Waals surface area contributed by atoms with Crippen molar-refractivity contribution in [3.8, 4) is 6.07 Å². The van der Waals surface area contributed by atoms with Crippen molar-refractivity contribution in [2.24, 2.45) is 0 Å². The van der Waals surface area contributed by atoms with E-state index < -0.39 is 10.0 Å². The Bertz CT molecular complexity index is 720. The second-order valence-corrected chi connectivity index (χ2v) is 6.11. The maximum absolute atomic E-state index is 11.8. The van der Waals surface area contributed by atoms with Crippen LogP contribution >= 0.6 is 0 Å². The van der Waals surface area contributed by atoms with E-state index in [9.17, 15) is 8.42 Å². The van der Waals surface area contributed by atoms with E-state index in [1.807, 2.05) is 36.4 Å². The number of benzene rings is 2. The van der Waals surface area contributed by atoms with Gasteiger partial charge in [0.2, 0.25) is 10.0 Å². The summed E-state index contributed by atoms with van der Waals surface area (Å²) in [5, 5.41) is 8.68. The molecule has 0 heterocycles. The topological polar surface area (TPSA) is 79.2 Å². The molecule has 0 spiro atoms. The normalized spacial score (nSPS) is 11.0. The van der Waals surface area contributed by atoms with Crippen molar-refractivity contribution in [1.82, 2.24) is 4.89 Å². The first-order chi connectivity index (χ1) is 10.1. The number of sulfonamides is 1. The third-order valence-corrected chi connectivity index (χ3v) is 3.79. The third kappa shape index (κ3) is 5.00. The van der Waals surface area contributed by atoms with E-state index in [-0.39, 0.29) is 12.4 Å². The first kappa shape index (κ1) is 15.2. The van der Waals surface area contributed by atoms with Crippen LogP contribution in [0.25, 0.3) is 0 Å². The van der Waals surface area contributed by atoms with Crippen LogP contribution in [0.1, 0.15) is 16.7 Å². The number of nitrogens with zero attached hydrogens (tertiary/aromatic N) is 1. The molecule has 0 aromatic heterocycles. The van der Waals surface area contributed by atoms with E-state index in [2.05, 4.69) is 4.89 Å². The van der Waals surface area contributed by atoms with Crippen LogP contribution in [0.15, 0.2) is 54.6 Å². The Labute approximate surface area is 123 Å². The van der Waals surface area contributed by atoms with Gasteiger partial charge in [0.05, 0.1) is 24.0 Å². The largest absolute Gasteiger partial charge is 0.282 e. The molecule has 0 aliphatic carbocycles. The summed E-state index contributed by atoms with van der Waals surface area (Å²) in [6.45, 7) is 0.160. The summed E-state index contributed by atoms with van der Waals surface area (Å²) < 4.78 is 23.7. The Kier molecular flexibility index (Phi) is 5.06. The highest BCUT2D eigenvalue weighted by Crippen LogP contribution is 2.07. The summed E-state index contributed by atoms with van der Waals surface area (Å²) in [7, 11) is -3.58. The van der Waals surface area contributed by atoms with Crippen LogP contribution in [0.5, 0.6) is 0 Å². The molecule has 0 saturated heterocycles. The van der Waals surface area contributed by atoms with Crippen LogP contribution in [0, 0.1) is 11.3 Å². The maximum atomic E-state index is 11.8. The molecule has 0 unspecified atom stereocenters. The maximum Gasteiger partial charge on any atom is 0.237 e. The lowest BCUT2D eigenvalue weighted by molar-refractivity contribution is 0.0794. The smallest absolute Gasteiger partial charge is 0.237 e. The van der Waals surface area contributed by atoms with Gasteiger partial charge in [0.15, 0.2) is 0 Å². The van der Waals surface area contributed by atoms with Gasteiger partial charge < -0.3 is 0 Å². The van der Waals surface area contributed by atoms with Gasteiger partial charge in [-0.15, -0.1) is 0 Å². The summed E-state index contributed by atoms with van der Waals surface area (Å²) >= 11 is 0. The number of hydrogen-bond donors (Lipinski definition) is 1. The van der Waals surface area contributed by atoms with Gasteiger partial charge in [-0.1, -0.05) is 47.3 Å². The van der Waals surface area contributed by atoms with Crippen molar-refractivity contribution < 1.29 is 13.3 Å². The third-order valence-electron chi connectivity index (χ3n) is 2.71. The monoisotopic (exact) mass is 302 g/mol. The lowest BCUT2D eigenvalue weighted by Crippen LogP contribution is -2.25. The van der Waals surface area contributed by atoms with Gasteiger partial charge in [-0.25, -0.2) is 8.42 Å². The van der Waals surface area contributed by atoms with Gasteiger partial charge in [0.25, 0.3) is 0 Å². The predicted octanol–water partition coefficient (Wildman–Crippen LogP) is 2.11. The Morgan fingerprint density at radius 1 is 1.00 bits per heavy atom. The Balaban J connectivity index is 1.88. The fraction of sp³-hybridized carbons (Fsp3) is 0.133. The van der Waals surface area contributed by atoms with Gasteiger partial charge in [-0.3, -0.25) is 4.84 Å². The zero-order chi connectivity index (χ0) is 15.1. The molecule has 0 amide bonds. The quantitative estimate of drug-likeness (QED) is 0.829. The Morgan fingerprint density at radius 2 is 1.67 bits per heavy atom. The molecule has 0 fully saturated rings. The van der Waals surface area contributed by atoms with E-state index in [1.54, 1.807) is 24.3 Å². The first-order valence-corrected chi connectivity index (χ1v) is 7.88. The van der Waals surface area contributed by atoms with Gasteiger partial charge in [0, 0.05) is 0 Å². The molecule has 2 rings (SSSR count). The van der Waals surface area contributed by atoms with Gasteiger partial charge >= 0.3 is 0 Å². The molecule has 6 heteroatoms. The molecule has 2 aromatic carbocycles. The molecular formula is C15H14N2O3S. The van der Waals surface area contributed by atoms with E-state index in [4.69, 9.17) is 10.1 Å². The highest BCUT2D eigenvalue weighted by molar-refractivity contribution is 7.88. The summed E-state index contributed by atoms with van der Waals surface area (Å²) in [6, 6.07) is 17.6. The van der Waals surface area contributed by atoms with Crippen molar-refractivity contribution in [2.75, 3.05) is 0 Å². The zero-order valence-corrected chi connectivity index (χ0v) is 12.0.